The first-order valence-corrected chi connectivity index (χ1v) is 4.47. The first-order chi connectivity index (χ1) is 5.78. The second kappa shape index (κ2) is 7.56. The van der Waals surface area contributed by atoms with E-state index in [9.17, 15) is 0 Å². The number of nitrogens with zero attached hydrogens (tertiary/aromatic N) is 2. The summed E-state index contributed by atoms with van der Waals surface area (Å²) in [6.45, 7) is 18.6. The van der Waals surface area contributed by atoms with Crippen LogP contribution in [-0.4, -0.2) is 22.9 Å². The van der Waals surface area contributed by atoms with Crippen molar-refractivity contribution in [3.05, 3.63) is 26.2 Å². The van der Waals surface area contributed by atoms with E-state index in [1.165, 1.54) is 0 Å². The predicted molar refractivity (Wildman–Crippen MR) is 53.3 cm³/mol. The molecule has 0 aliphatic heterocycles. The number of rotatable bonds is 7. The molecule has 0 aromatic rings. The number of hydrogen-bond acceptors (Lipinski definition) is 2. The zero-order chi connectivity index (χ0) is 9.40. The Hall–Kier alpha value is -0.0800. The third kappa shape index (κ3) is 4.73. The largest absolute Gasteiger partial charge is 0.294 e. The van der Waals surface area contributed by atoms with Crippen molar-refractivity contribution in [3.63, 3.8) is 0 Å². The van der Waals surface area contributed by atoms with Gasteiger partial charge in [-0.05, 0) is 27.7 Å². The first-order valence-electron chi connectivity index (χ1n) is 4.47. The molecule has 0 aromatic carbocycles. The average molecular weight is 168 g/mol. The van der Waals surface area contributed by atoms with E-state index in [-0.39, 0.29) is 0 Å². The van der Waals surface area contributed by atoms with E-state index in [0.29, 0.717) is 0 Å². The molecule has 4 radical (unpaired) electrons. The molecule has 0 amide bonds. The topological polar surface area (TPSA) is 6.48 Å². The molecule has 0 spiro atoms. The van der Waals surface area contributed by atoms with Crippen molar-refractivity contribution in [2.75, 3.05) is 13.1 Å². The molecule has 12 heavy (non-hydrogen) atoms. The smallest absolute Gasteiger partial charge is 0.0224 e. The zero-order valence-electron chi connectivity index (χ0n) is 8.62. The van der Waals surface area contributed by atoms with E-state index < -0.39 is 0 Å². The predicted octanol–water partition coefficient (Wildman–Crippen LogP) is 2.32. The van der Waals surface area contributed by atoms with Crippen molar-refractivity contribution in [1.29, 1.82) is 0 Å². The molecular formula is C10H20N2. The van der Waals surface area contributed by atoms with Crippen LogP contribution in [0.3, 0.4) is 0 Å². The van der Waals surface area contributed by atoms with E-state index >= 15 is 0 Å². The van der Waals surface area contributed by atoms with Crippen molar-refractivity contribution in [2.24, 2.45) is 0 Å². The molecule has 0 heterocycles. The fourth-order valence-electron chi connectivity index (χ4n) is 1.05. The molecule has 2 heteroatoms. The average Bonchev–Trinajstić information content (AvgIpc) is 2.13. The molecule has 0 aliphatic rings. The van der Waals surface area contributed by atoms with Gasteiger partial charge in [0.15, 0.2) is 0 Å². The first kappa shape index (κ1) is 11.9. The van der Waals surface area contributed by atoms with Crippen molar-refractivity contribution >= 4 is 0 Å². The van der Waals surface area contributed by atoms with Crippen LogP contribution < -0.4 is 0 Å². The Balaban J connectivity index is 3.49. The Morgan fingerprint density at radius 1 is 0.667 bits per heavy atom. The Labute approximate surface area is 77.5 Å². The lowest BCUT2D eigenvalue weighted by Crippen LogP contribution is -2.28. The highest BCUT2D eigenvalue weighted by Gasteiger charge is 2.03. The fraction of sp³-hybridized carbons (Fsp3) is 0.600. The Bertz CT molecular complexity index is 73.8. The maximum absolute atomic E-state index is 2.18. The van der Waals surface area contributed by atoms with Gasteiger partial charge in [0, 0.05) is 39.3 Å². The molecule has 0 saturated carbocycles. The van der Waals surface area contributed by atoms with Crippen LogP contribution in [0.5, 0.6) is 0 Å². The molecule has 0 saturated heterocycles. The SMILES string of the molecule is C[CH]N([CH]C)CCN([CH]C)[CH]C. The molecule has 0 aromatic heterocycles. The van der Waals surface area contributed by atoms with Gasteiger partial charge in [-0.15, -0.1) is 0 Å². The minimum absolute atomic E-state index is 1.04. The summed E-state index contributed by atoms with van der Waals surface area (Å²) in [4.78, 5) is 4.36. The monoisotopic (exact) mass is 168 g/mol. The summed E-state index contributed by atoms with van der Waals surface area (Å²) < 4.78 is 0. The summed E-state index contributed by atoms with van der Waals surface area (Å²) in [6.07, 6.45) is 0. The quantitative estimate of drug-likeness (QED) is 0.575. The minimum Gasteiger partial charge on any atom is -0.294 e. The normalized spacial score (nSPS) is 11.5. The van der Waals surface area contributed by atoms with Crippen LogP contribution in [0.1, 0.15) is 27.7 Å². The third-order valence-corrected chi connectivity index (χ3v) is 1.94. The van der Waals surface area contributed by atoms with Gasteiger partial charge in [-0.25, -0.2) is 0 Å². The van der Waals surface area contributed by atoms with Crippen LogP contribution in [0.15, 0.2) is 0 Å². The highest BCUT2D eigenvalue weighted by Crippen LogP contribution is 2.00. The highest BCUT2D eigenvalue weighted by molar-refractivity contribution is 4.75. The second-order valence-electron chi connectivity index (χ2n) is 2.51. The van der Waals surface area contributed by atoms with E-state index in [2.05, 4.69) is 63.7 Å². The molecule has 0 rings (SSSR count). The molecule has 0 aliphatic carbocycles. The van der Waals surface area contributed by atoms with Crippen LogP contribution in [0, 0.1) is 26.2 Å². The van der Waals surface area contributed by atoms with Crippen LogP contribution >= 0.6 is 0 Å². The molecule has 70 valence electrons. The third-order valence-electron chi connectivity index (χ3n) is 1.94. The van der Waals surface area contributed by atoms with Gasteiger partial charge >= 0.3 is 0 Å². The molecule has 0 N–H and O–H groups in total. The van der Waals surface area contributed by atoms with E-state index in [1.54, 1.807) is 0 Å². The van der Waals surface area contributed by atoms with Crippen molar-refractivity contribution in [1.82, 2.24) is 9.80 Å². The summed E-state index contributed by atoms with van der Waals surface area (Å²) >= 11 is 0. The maximum atomic E-state index is 2.18. The zero-order valence-corrected chi connectivity index (χ0v) is 8.62. The van der Waals surface area contributed by atoms with Gasteiger partial charge in [0.1, 0.15) is 0 Å². The lowest BCUT2D eigenvalue weighted by Gasteiger charge is -2.22. The van der Waals surface area contributed by atoms with Gasteiger partial charge in [0.25, 0.3) is 0 Å². The van der Waals surface area contributed by atoms with Gasteiger partial charge in [-0.2, -0.15) is 0 Å². The summed E-state index contributed by atoms with van der Waals surface area (Å²) in [5, 5.41) is 0. The van der Waals surface area contributed by atoms with E-state index in [1.807, 2.05) is 0 Å². The molecule has 0 fully saturated rings. The Morgan fingerprint density at radius 2 is 0.917 bits per heavy atom. The van der Waals surface area contributed by atoms with Crippen LogP contribution in [-0.2, 0) is 0 Å². The van der Waals surface area contributed by atoms with Crippen LogP contribution in [0.4, 0.5) is 0 Å². The van der Waals surface area contributed by atoms with E-state index in [0.717, 1.165) is 13.1 Å². The molecule has 2 nitrogen and oxygen atoms in total. The molecule has 0 atom stereocenters. The standard InChI is InChI=1S/C10H20N2/c1-5-11(6-2)9-10-12(7-3)8-4/h5-8H,9-10H2,1-4H3. The lowest BCUT2D eigenvalue weighted by atomic mass is 10.4. The van der Waals surface area contributed by atoms with E-state index in [4.69, 9.17) is 0 Å². The maximum Gasteiger partial charge on any atom is 0.0224 e. The summed E-state index contributed by atoms with van der Waals surface area (Å²) in [5.41, 5.74) is 0. The molecule has 0 bridgehead atoms. The van der Waals surface area contributed by atoms with Gasteiger partial charge in [0.05, 0.1) is 0 Å². The van der Waals surface area contributed by atoms with Gasteiger partial charge < -0.3 is 0 Å². The molecule has 0 unspecified atom stereocenters. The minimum atomic E-state index is 1.04. The van der Waals surface area contributed by atoms with Crippen molar-refractivity contribution in [2.45, 2.75) is 27.7 Å². The van der Waals surface area contributed by atoms with Gasteiger partial charge in [-0.1, -0.05) is 0 Å². The highest BCUT2D eigenvalue weighted by atomic mass is 15.2. The summed E-state index contributed by atoms with van der Waals surface area (Å²) in [5.74, 6) is 0. The summed E-state index contributed by atoms with van der Waals surface area (Å²) in [6, 6.07) is 0. The van der Waals surface area contributed by atoms with Gasteiger partial charge in [0.2, 0.25) is 0 Å². The summed E-state index contributed by atoms with van der Waals surface area (Å²) in [7, 11) is 0. The Morgan fingerprint density at radius 3 is 1.08 bits per heavy atom. The van der Waals surface area contributed by atoms with Crippen LogP contribution in [0.2, 0.25) is 0 Å². The van der Waals surface area contributed by atoms with Crippen molar-refractivity contribution < 1.29 is 0 Å². The second-order valence-corrected chi connectivity index (χ2v) is 2.51. The Kier molecular flexibility index (Phi) is 7.51. The van der Waals surface area contributed by atoms with Gasteiger partial charge in [-0.3, -0.25) is 9.80 Å². The lowest BCUT2D eigenvalue weighted by molar-refractivity contribution is 0.326. The number of hydrogen-bond donors (Lipinski definition) is 0. The fourth-order valence-corrected chi connectivity index (χ4v) is 1.05. The van der Waals surface area contributed by atoms with Crippen LogP contribution in [0.25, 0.3) is 0 Å². The van der Waals surface area contributed by atoms with Crippen molar-refractivity contribution in [3.8, 4) is 0 Å². The molecular weight excluding hydrogens is 148 g/mol.